The summed E-state index contributed by atoms with van der Waals surface area (Å²) in [6, 6.07) is 7.24. The van der Waals surface area contributed by atoms with Gasteiger partial charge in [0, 0.05) is 30.2 Å². The van der Waals surface area contributed by atoms with Crippen LogP contribution < -0.4 is 11.1 Å². The normalized spacial score (nSPS) is 10.2. The van der Waals surface area contributed by atoms with Gasteiger partial charge in [-0.25, -0.2) is 4.98 Å². The second-order valence-corrected chi connectivity index (χ2v) is 4.49. The molecule has 104 valence electrons. The molecule has 2 aromatic rings. The van der Waals surface area contributed by atoms with Gasteiger partial charge in [0.2, 0.25) is 0 Å². The standard InChI is InChI=1S/C15H18N4O/c1-2-13-8-12(9-14(16)19-13)15(20)18-7-5-11-4-3-6-17-10-11/h3-4,6,8-10H,2,5,7H2,1H3,(H2,16,19)(H,18,20). The van der Waals surface area contributed by atoms with E-state index >= 15 is 0 Å². The van der Waals surface area contributed by atoms with Crippen LogP contribution in [0.2, 0.25) is 0 Å². The van der Waals surface area contributed by atoms with E-state index in [-0.39, 0.29) is 5.91 Å². The van der Waals surface area contributed by atoms with Crippen molar-refractivity contribution in [3.63, 3.8) is 0 Å². The van der Waals surface area contributed by atoms with Crippen LogP contribution >= 0.6 is 0 Å². The van der Waals surface area contributed by atoms with Gasteiger partial charge >= 0.3 is 0 Å². The number of anilines is 1. The number of amides is 1. The second-order valence-electron chi connectivity index (χ2n) is 4.49. The number of carbonyl (C=O) groups excluding carboxylic acids is 1. The highest BCUT2D eigenvalue weighted by molar-refractivity contribution is 5.94. The fraction of sp³-hybridized carbons (Fsp3) is 0.267. The Kier molecular flexibility index (Phi) is 4.65. The Morgan fingerprint density at radius 1 is 1.40 bits per heavy atom. The lowest BCUT2D eigenvalue weighted by Crippen LogP contribution is -2.26. The van der Waals surface area contributed by atoms with Crippen molar-refractivity contribution in [2.45, 2.75) is 19.8 Å². The van der Waals surface area contributed by atoms with Crippen LogP contribution in [0.25, 0.3) is 0 Å². The van der Waals surface area contributed by atoms with Crippen molar-refractivity contribution in [3.8, 4) is 0 Å². The smallest absolute Gasteiger partial charge is 0.251 e. The Morgan fingerprint density at radius 3 is 2.95 bits per heavy atom. The molecule has 2 heterocycles. The second kappa shape index (κ2) is 6.65. The first kappa shape index (κ1) is 14.0. The van der Waals surface area contributed by atoms with Gasteiger partial charge in [0.25, 0.3) is 5.91 Å². The van der Waals surface area contributed by atoms with Crippen molar-refractivity contribution in [2.24, 2.45) is 0 Å². The van der Waals surface area contributed by atoms with Crippen LogP contribution in [0.5, 0.6) is 0 Å². The third-order valence-corrected chi connectivity index (χ3v) is 2.94. The molecule has 0 aliphatic rings. The minimum Gasteiger partial charge on any atom is -0.384 e. The third kappa shape index (κ3) is 3.78. The number of hydrogen-bond acceptors (Lipinski definition) is 4. The number of carbonyl (C=O) groups is 1. The maximum Gasteiger partial charge on any atom is 0.251 e. The Labute approximate surface area is 118 Å². The molecule has 0 radical (unpaired) electrons. The van der Waals surface area contributed by atoms with Gasteiger partial charge in [-0.15, -0.1) is 0 Å². The topological polar surface area (TPSA) is 80.9 Å². The lowest BCUT2D eigenvalue weighted by molar-refractivity contribution is 0.0954. The maximum atomic E-state index is 12.0. The van der Waals surface area contributed by atoms with Crippen molar-refractivity contribution in [2.75, 3.05) is 12.3 Å². The summed E-state index contributed by atoms with van der Waals surface area (Å²) in [4.78, 5) is 20.2. The first-order valence-electron chi connectivity index (χ1n) is 6.62. The van der Waals surface area contributed by atoms with Crippen molar-refractivity contribution in [3.05, 3.63) is 53.5 Å². The minimum absolute atomic E-state index is 0.127. The van der Waals surface area contributed by atoms with Gasteiger partial charge in [-0.3, -0.25) is 9.78 Å². The van der Waals surface area contributed by atoms with Crippen LogP contribution in [-0.4, -0.2) is 22.4 Å². The zero-order chi connectivity index (χ0) is 14.4. The van der Waals surface area contributed by atoms with Gasteiger partial charge in [-0.2, -0.15) is 0 Å². The van der Waals surface area contributed by atoms with Gasteiger partial charge in [-0.05, 0) is 36.6 Å². The summed E-state index contributed by atoms with van der Waals surface area (Å²) in [7, 11) is 0. The Morgan fingerprint density at radius 2 is 2.25 bits per heavy atom. The minimum atomic E-state index is -0.127. The number of pyridine rings is 2. The van der Waals surface area contributed by atoms with Gasteiger partial charge in [-0.1, -0.05) is 13.0 Å². The van der Waals surface area contributed by atoms with E-state index in [1.54, 1.807) is 24.5 Å². The summed E-state index contributed by atoms with van der Waals surface area (Å²) >= 11 is 0. The highest BCUT2D eigenvalue weighted by atomic mass is 16.1. The molecule has 0 aromatic carbocycles. The molecular formula is C15H18N4O. The number of rotatable bonds is 5. The van der Waals surface area contributed by atoms with E-state index in [1.807, 2.05) is 19.1 Å². The van der Waals surface area contributed by atoms with Crippen LogP contribution in [-0.2, 0) is 12.8 Å². The number of nitrogens with one attached hydrogen (secondary N) is 1. The summed E-state index contributed by atoms with van der Waals surface area (Å²) in [6.45, 7) is 2.54. The summed E-state index contributed by atoms with van der Waals surface area (Å²) < 4.78 is 0. The summed E-state index contributed by atoms with van der Waals surface area (Å²) in [5.74, 6) is 0.249. The van der Waals surface area contributed by atoms with Crippen LogP contribution in [0.4, 0.5) is 5.82 Å². The zero-order valence-corrected chi connectivity index (χ0v) is 11.5. The molecule has 0 spiro atoms. The molecule has 0 saturated heterocycles. The van der Waals surface area contributed by atoms with Crippen molar-refractivity contribution in [1.82, 2.24) is 15.3 Å². The average molecular weight is 270 g/mol. The molecular weight excluding hydrogens is 252 g/mol. The van der Waals surface area contributed by atoms with E-state index in [4.69, 9.17) is 5.73 Å². The van der Waals surface area contributed by atoms with E-state index in [0.717, 1.165) is 24.1 Å². The highest BCUT2D eigenvalue weighted by Crippen LogP contribution is 2.08. The highest BCUT2D eigenvalue weighted by Gasteiger charge is 2.08. The third-order valence-electron chi connectivity index (χ3n) is 2.94. The molecule has 0 fully saturated rings. The van der Waals surface area contributed by atoms with Crippen LogP contribution in [0, 0.1) is 0 Å². The van der Waals surface area contributed by atoms with E-state index < -0.39 is 0 Å². The molecule has 1 amide bonds. The van der Waals surface area contributed by atoms with Crippen LogP contribution in [0.15, 0.2) is 36.7 Å². The molecule has 0 atom stereocenters. The summed E-state index contributed by atoms with van der Waals surface area (Å²) in [6.07, 6.45) is 5.03. The molecule has 20 heavy (non-hydrogen) atoms. The van der Waals surface area contributed by atoms with Gasteiger partial charge in [0.05, 0.1) is 0 Å². The number of hydrogen-bond donors (Lipinski definition) is 2. The number of nitrogens with zero attached hydrogens (tertiary/aromatic N) is 2. The molecule has 5 heteroatoms. The lowest BCUT2D eigenvalue weighted by atomic mass is 10.1. The Balaban J connectivity index is 1.93. The number of aromatic nitrogens is 2. The molecule has 5 nitrogen and oxygen atoms in total. The van der Waals surface area contributed by atoms with Crippen LogP contribution in [0.3, 0.4) is 0 Å². The predicted octanol–water partition coefficient (Wildman–Crippen LogP) is 1.59. The Bertz CT molecular complexity index is 584. The predicted molar refractivity (Wildman–Crippen MR) is 78.3 cm³/mol. The van der Waals surface area contributed by atoms with Gasteiger partial charge in [0.1, 0.15) is 5.82 Å². The monoisotopic (exact) mass is 270 g/mol. The molecule has 0 aliphatic heterocycles. The summed E-state index contributed by atoms with van der Waals surface area (Å²) in [5.41, 5.74) is 8.16. The van der Waals surface area contributed by atoms with E-state index in [2.05, 4.69) is 15.3 Å². The molecule has 0 bridgehead atoms. The van der Waals surface area contributed by atoms with Crippen LogP contribution in [0.1, 0.15) is 28.5 Å². The molecule has 0 saturated carbocycles. The number of aryl methyl sites for hydroxylation is 1. The fourth-order valence-electron chi connectivity index (χ4n) is 1.89. The molecule has 0 aliphatic carbocycles. The summed E-state index contributed by atoms with van der Waals surface area (Å²) in [5, 5.41) is 2.88. The zero-order valence-electron chi connectivity index (χ0n) is 11.5. The van der Waals surface area contributed by atoms with E-state index in [1.165, 1.54) is 0 Å². The van der Waals surface area contributed by atoms with Gasteiger partial charge < -0.3 is 11.1 Å². The fourth-order valence-corrected chi connectivity index (χ4v) is 1.89. The molecule has 2 aromatic heterocycles. The first-order chi connectivity index (χ1) is 9.69. The maximum absolute atomic E-state index is 12.0. The quantitative estimate of drug-likeness (QED) is 0.864. The first-order valence-corrected chi connectivity index (χ1v) is 6.62. The van der Waals surface area contributed by atoms with Crippen molar-refractivity contribution >= 4 is 11.7 Å². The van der Waals surface area contributed by atoms with E-state index in [9.17, 15) is 4.79 Å². The van der Waals surface area contributed by atoms with Crippen molar-refractivity contribution < 1.29 is 4.79 Å². The number of nitrogens with two attached hydrogens (primary N) is 1. The molecule has 3 N–H and O–H groups in total. The largest absolute Gasteiger partial charge is 0.384 e. The lowest BCUT2D eigenvalue weighted by Gasteiger charge is -2.07. The number of nitrogen functional groups attached to an aromatic ring is 1. The van der Waals surface area contributed by atoms with Gasteiger partial charge in [0.15, 0.2) is 0 Å². The van der Waals surface area contributed by atoms with E-state index in [0.29, 0.717) is 17.9 Å². The SMILES string of the molecule is CCc1cc(C(=O)NCCc2cccnc2)cc(N)n1. The average Bonchev–Trinajstić information content (AvgIpc) is 2.47. The Hall–Kier alpha value is -2.43. The van der Waals surface area contributed by atoms with Crippen molar-refractivity contribution in [1.29, 1.82) is 0 Å². The molecule has 2 rings (SSSR count). The molecule has 0 unspecified atom stereocenters.